The van der Waals surface area contributed by atoms with Crippen molar-refractivity contribution in [3.63, 3.8) is 0 Å². The number of carbonyl (C=O) groups is 1. The minimum absolute atomic E-state index is 0.0390. The van der Waals surface area contributed by atoms with Crippen molar-refractivity contribution in [2.45, 2.75) is 0 Å². The third-order valence-corrected chi connectivity index (χ3v) is 6.05. The Bertz CT molecular complexity index is 567. The van der Waals surface area contributed by atoms with Crippen LogP contribution in [0.25, 0.3) is 0 Å². The molecule has 2 aromatic rings. The van der Waals surface area contributed by atoms with Crippen molar-refractivity contribution < 1.29 is 4.79 Å². The van der Waals surface area contributed by atoms with Crippen LogP contribution in [0.1, 0.15) is 9.67 Å². The molecule has 1 aromatic heterocycles. The number of hydrogen-bond donors (Lipinski definition) is 1. The average Bonchev–Trinajstić information content (AvgIpc) is 2.79. The van der Waals surface area contributed by atoms with Crippen LogP contribution in [0.15, 0.2) is 44.7 Å². The number of benzene rings is 1. The quantitative estimate of drug-likeness (QED) is 0.792. The molecular weight excluding hydrogens is 404 g/mol. The lowest BCUT2D eigenvalue weighted by Gasteiger charge is -2.19. The van der Waals surface area contributed by atoms with Gasteiger partial charge in [0.2, 0.25) is 0 Å². The average molecular weight is 418 g/mol. The summed E-state index contributed by atoms with van der Waals surface area (Å²) in [5, 5.41) is 2.93. The Balaban J connectivity index is 1.82. The molecule has 0 unspecified atom stereocenters. The van der Waals surface area contributed by atoms with Gasteiger partial charge in [-0.2, -0.15) is 0 Å². The number of amides is 1. The molecular formula is C14H14Br2N2OS. The maximum atomic E-state index is 12.0. The van der Waals surface area contributed by atoms with Gasteiger partial charge in [0.25, 0.3) is 5.91 Å². The molecule has 0 aliphatic rings. The van der Waals surface area contributed by atoms with Crippen LogP contribution in [0.3, 0.4) is 0 Å². The summed E-state index contributed by atoms with van der Waals surface area (Å²) in [6.45, 7) is 1.38. The zero-order valence-electron chi connectivity index (χ0n) is 10.9. The molecule has 1 aromatic carbocycles. The summed E-state index contributed by atoms with van der Waals surface area (Å²) >= 11 is 8.19. The fourth-order valence-corrected chi connectivity index (χ4v) is 3.65. The molecule has 1 heterocycles. The van der Waals surface area contributed by atoms with Crippen molar-refractivity contribution in [2.24, 2.45) is 0 Å². The summed E-state index contributed by atoms with van der Waals surface area (Å²) in [7, 11) is 2.01. The first kappa shape index (κ1) is 15.5. The van der Waals surface area contributed by atoms with Gasteiger partial charge in [0, 0.05) is 30.3 Å². The van der Waals surface area contributed by atoms with Crippen LogP contribution in [0, 0.1) is 0 Å². The summed E-state index contributed by atoms with van der Waals surface area (Å²) in [6, 6.07) is 11.9. The fourth-order valence-electron chi connectivity index (χ4n) is 1.69. The molecule has 0 radical (unpaired) electrons. The highest BCUT2D eigenvalue weighted by molar-refractivity contribution is 9.13. The van der Waals surface area contributed by atoms with E-state index >= 15 is 0 Å². The van der Waals surface area contributed by atoms with E-state index in [1.807, 2.05) is 31.3 Å². The third kappa shape index (κ3) is 4.07. The maximum absolute atomic E-state index is 12.0. The number of rotatable bonds is 5. The summed E-state index contributed by atoms with van der Waals surface area (Å²) in [4.78, 5) is 14.8. The van der Waals surface area contributed by atoms with E-state index in [2.05, 4.69) is 54.2 Å². The topological polar surface area (TPSA) is 32.3 Å². The van der Waals surface area contributed by atoms with Gasteiger partial charge in [-0.1, -0.05) is 18.2 Å². The Kier molecular flexibility index (Phi) is 5.63. The highest BCUT2D eigenvalue weighted by Gasteiger charge is 2.11. The normalized spacial score (nSPS) is 10.3. The van der Waals surface area contributed by atoms with Crippen LogP contribution in [-0.2, 0) is 0 Å². The van der Waals surface area contributed by atoms with Crippen molar-refractivity contribution in [1.29, 1.82) is 0 Å². The number of thiophene rings is 1. The predicted octanol–water partition coefficient (Wildman–Crippen LogP) is 4.14. The molecule has 0 aliphatic heterocycles. The molecule has 2 rings (SSSR count). The molecule has 20 heavy (non-hydrogen) atoms. The third-order valence-electron chi connectivity index (χ3n) is 2.80. The van der Waals surface area contributed by atoms with Gasteiger partial charge >= 0.3 is 0 Å². The minimum atomic E-state index is -0.0390. The molecule has 1 amide bonds. The molecule has 0 atom stereocenters. The van der Waals surface area contributed by atoms with Gasteiger partial charge in [0.15, 0.2) is 0 Å². The summed E-state index contributed by atoms with van der Waals surface area (Å²) in [5.74, 6) is -0.0390. The smallest absolute Gasteiger partial charge is 0.261 e. The molecule has 0 aliphatic carbocycles. The first-order valence-corrected chi connectivity index (χ1v) is 8.47. The van der Waals surface area contributed by atoms with E-state index in [1.54, 1.807) is 0 Å². The van der Waals surface area contributed by atoms with Gasteiger partial charge < -0.3 is 10.2 Å². The number of halogens is 2. The summed E-state index contributed by atoms with van der Waals surface area (Å²) in [5.41, 5.74) is 1.14. The number of hydrogen-bond acceptors (Lipinski definition) is 3. The standard InChI is InChI=1S/C14H14Br2N2OS/c1-18(10-5-3-2-4-6-10)8-7-17-14(19)12-9-11(15)13(16)20-12/h2-6,9H,7-8H2,1H3,(H,17,19). The number of anilines is 1. The predicted molar refractivity (Wildman–Crippen MR) is 91.8 cm³/mol. The molecule has 3 nitrogen and oxygen atoms in total. The lowest BCUT2D eigenvalue weighted by atomic mass is 10.3. The van der Waals surface area contributed by atoms with Crippen LogP contribution in [0.4, 0.5) is 5.69 Å². The highest BCUT2D eigenvalue weighted by Crippen LogP contribution is 2.32. The van der Waals surface area contributed by atoms with E-state index in [9.17, 15) is 4.79 Å². The van der Waals surface area contributed by atoms with E-state index in [4.69, 9.17) is 0 Å². The molecule has 0 bridgehead atoms. The van der Waals surface area contributed by atoms with E-state index < -0.39 is 0 Å². The lowest BCUT2D eigenvalue weighted by molar-refractivity contribution is 0.0959. The lowest BCUT2D eigenvalue weighted by Crippen LogP contribution is -2.32. The van der Waals surface area contributed by atoms with E-state index in [1.165, 1.54) is 11.3 Å². The Morgan fingerprint density at radius 1 is 1.30 bits per heavy atom. The van der Waals surface area contributed by atoms with Crippen LogP contribution in [0.5, 0.6) is 0 Å². The molecule has 106 valence electrons. The van der Waals surface area contributed by atoms with Crippen LogP contribution in [-0.4, -0.2) is 26.0 Å². The van der Waals surface area contributed by atoms with Crippen molar-refractivity contribution >= 4 is 54.8 Å². The van der Waals surface area contributed by atoms with Crippen molar-refractivity contribution in [3.05, 3.63) is 49.5 Å². The highest BCUT2D eigenvalue weighted by atomic mass is 79.9. The number of para-hydroxylation sites is 1. The molecule has 1 N–H and O–H groups in total. The van der Waals surface area contributed by atoms with Crippen molar-refractivity contribution in [3.8, 4) is 0 Å². The van der Waals surface area contributed by atoms with Gasteiger partial charge in [-0.3, -0.25) is 4.79 Å². The van der Waals surface area contributed by atoms with Crippen molar-refractivity contribution in [1.82, 2.24) is 5.32 Å². The zero-order valence-corrected chi connectivity index (χ0v) is 14.9. The maximum Gasteiger partial charge on any atom is 0.261 e. The van der Waals surface area contributed by atoms with Gasteiger partial charge in [0.1, 0.15) is 0 Å². The van der Waals surface area contributed by atoms with Gasteiger partial charge in [-0.05, 0) is 50.1 Å². The van der Waals surface area contributed by atoms with Gasteiger partial charge in [-0.15, -0.1) is 11.3 Å². The van der Waals surface area contributed by atoms with Crippen molar-refractivity contribution in [2.75, 3.05) is 25.0 Å². The second-order valence-corrected chi connectivity index (χ2v) is 7.47. The second-order valence-electron chi connectivity index (χ2n) is 4.25. The number of nitrogens with one attached hydrogen (secondary N) is 1. The molecule has 0 spiro atoms. The first-order valence-electron chi connectivity index (χ1n) is 6.07. The Labute approximate surface area is 139 Å². The summed E-state index contributed by atoms with van der Waals surface area (Å²) < 4.78 is 1.85. The molecule has 0 saturated carbocycles. The number of carbonyl (C=O) groups excluding carboxylic acids is 1. The largest absolute Gasteiger partial charge is 0.373 e. The van der Waals surface area contributed by atoms with Gasteiger partial charge in [-0.25, -0.2) is 0 Å². The SMILES string of the molecule is CN(CCNC(=O)c1cc(Br)c(Br)s1)c1ccccc1. The Morgan fingerprint density at radius 2 is 2.00 bits per heavy atom. The Hall–Kier alpha value is -0.850. The second kappa shape index (κ2) is 7.24. The molecule has 0 saturated heterocycles. The minimum Gasteiger partial charge on any atom is -0.373 e. The zero-order chi connectivity index (χ0) is 14.5. The van der Waals surface area contributed by atoms with Gasteiger partial charge in [0.05, 0.1) is 8.66 Å². The first-order chi connectivity index (χ1) is 9.58. The fraction of sp³-hybridized carbons (Fsp3) is 0.214. The van der Waals surface area contributed by atoms with E-state index in [0.717, 1.165) is 20.5 Å². The van der Waals surface area contributed by atoms with Crippen LogP contribution in [0.2, 0.25) is 0 Å². The monoisotopic (exact) mass is 416 g/mol. The van der Waals surface area contributed by atoms with E-state index in [-0.39, 0.29) is 5.91 Å². The van der Waals surface area contributed by atoms with Crippen LogP contribution < -0.4 is 10.2 Å². The number of likely N-dealkylation sites (N-methyl/N-ethyl adjacent to an activating group) is 1. The molecule has 0 fully saturated rings. The number of nitrogens with zero attached hydrogens (tertiary/aromatic N) is 1. The Morgan fingerprint density at radius 3 is 2.60 bits per heavy atom. The van der Waals surface area contributed by atoms with Crippen LogP contribution >= 0.6 is 43.2 Å². The van der Waals surface area contributed by atoms with E-state index in [0.29, 0.717) is 11.4 Å². The summed E-state index contributed by atoms with van der Waals surface area (Å²) in [6.07, 6.45) is 0. The molecule has 6 heteroatoms.